The second-order valence-corrected chi connectivity index (χ2v) is 8.45. The number of benzene rings is 1. The highest BCUT2D eigenvalue weighted by Gasteiger charge is 2.26. The summed E-state index contributed by atoms with van der Waals surface area (Å²) in [5.74, 6) is 0.540. The number of sulfonamides is 1. The molecule has 24 heavy (non-hydrogen) atoms. The van der Waals surface area contributed by atoms with E-state index >= 15 is 0 Å². The highest BCUT2D eigenvalue weighted by atomic mass is 32.2. The predicted octanol–water partition coefficient (Wildman–Crippen LogP) is 1.17. The molecule has 1 atom stereocenters. The molecule has 2 heterocycles. The Kier molecular flexibility index (Phi) is 5.40. The lowest BCUT2D eigenvalue weighted by Gasteiger charge is -2.17. The molecule has 2 aliphatic rings. The minimum absolute atomic E-state index is 0.0292. The second-order valence-electron chi connectivity index (χ2n) is 6.36. The van der Waals surface area contributed by atoms with E-state index in [1.165, 1.54) is 4.31 Å². The van der Waals surface area contributed by atoms with E-state index < -0.39 is 10.0 Å². The summed E-state index contributed by atoms with van der Waals surface area (Å²) in [6, 6.07) is 7.74. The Morgan fingerprint density at radius 1 is 1.25 bits per heavy atom. The lowest BCUT2D eigenvalue weighted by molar-refractivity contribution is -0.125. The number of amides is 1. The zero-order chi connectivity index (χ0) is 17.0. The maximum absolute atomic E-state index is 12.4. The topological polar surface area (TPSA) is 75.7 Å². The number of ether oxygens (including phenoxy) is 1. The first-order valence-electron chi connectivity index (χ1n) is 8.52. The smallest absolute Gasteiger partial charge is 0.223 e. The molecule has 2 aliphatic heterocycles. The Bertz CT molecular complexity index is 684. The van der Waals surface area contributed by atoms with Crippen LogP contribution in [0.2, 0.25) is 0 Å². The zero-order valence-corrected chi connectivity index (χ0v) is 14.6. The normalized spacial score (nSPS) is 21.6. The van der Waals surface area contributed by atoms with Crippen molar-refractivity contribution in [2.45, 2.75) is 25.7 Å². The monoisotopic (exact) mass is 352 g/mol. The van der Waals surface area contributed by atoms with E-state index in [9.17, 15) is 13.2 Å². The van der Waals surface area contributed by atoms with Gasteiger partial charge in [-0.15, -0.1) is 0 Å². The van der Waals surface area contributed by atoms with E-state index in [-0.39, 0.29) is 24.1 Å². The first-order valence-corrected chi connectivity index (χ1v) is 10.1. The number of fused-ring (bicyclic) bond motifs is 1. The fourth-order valence-corrected chi connectivity index (χ4v) is 4.69. The van der Waals surface area contributed by atoms with Crippen LogP contribution in [0.3, 0.4) is 0 Å². The molecule has 0 unspecified atom stereocenters. The van der Waals surface area contributed by atoms with Gasteiger partial charge in [0, 0.05) is 25.6 Å². The number of carbonyl (C=O) groups is 1. The van der Waals surface area contributed by atoms with Crippen molar-refractivity contribution in [2.24, 2.45) is 5.92 Å². The summed E-state index contributed by atoms with van der Waals surface area (Å²) in [4.78, 5) is 12.4. The highest BCUT2D eigenvalue weighted by molar-refractivity contribution is 7.89. The van der Waals surface area contributed by atoms with Crippen molar-refractivity contribution in [1.29, 1.82) is 0 Å². The van der Waals surface area contributed by atoms with Gasteiger partial charge in [0.2, 0.25) is 15.9 Å². The molecule has 0 saturated carbocycles. The number of nitrogens with one attached hydrogen (secondary N) is 1. The third-order valence-corrected chi connectivity index (χ3v) is 6.52. The van der Waals surface area contributed by atoms with Gasteiger partial charge in [-0.25, -0.2) is 12.7 Å². The maximum atomic E-state index is 12.4. The van der Waals surface area contributed by atoms with Gasteiger partial charge in [-0.2, -0.15) is 0 Å². The fraction of sp³-hybridized carbons (Fsp3) is 0.588. The van der Waals surface area contributed by atoms with Crippen molar-refractivity contribution >= 4 is 15.9 Å². The van der Waals surface area contributed by atoms with Gasteiger partial charge >= 0.3 is 0 Å². The number of rotatable bonds is 5. The zero-order valence-electron chi connectivity index (χ0n) is 13.7. The molecular formula is C17H24N2O4S. The van der Waals surface area contributed by atoms with Crippen LogP contribution in [-0.4, -0.2) is 50.6 Å². The van der Waals surface area contributed by atoms with Crippen LogP contribution in [0.4, 0.5) is 0 Å². The number of nitrogens with zero attached hydrogens (tertiary/aromatic N) is 1. The number of carbonyl (C=O) groups excluding carboxylic acids is 1. The average molecular weight is 352 g/mol. The van der Waals surface area contributed by atoms with Crippen LogP contribution in [0.25, 0.3) is 0 Å². The molecule has 1 aromatic carbocycles. The summed E-state index contributed by atoms with van der Waals surface area (Å²) in [6.07, 6.45) is 3.11. The van der Waals surface area contributed by atoms with Crippen molar-refractivity contribution in [1.82, 2.24) is 9.62 Å². The first-order chi connectivity index (χ1) is 11.6. The molecule has 1 aromatic rings. The molecule has 1 amide bonds. The quantitative estimate of drug-likeness (QED) is 0.863. The van der Waals surface area contributed by atoms with E-state index in [2.05, 4.69) is 5.32 Å². The van der Waals surface area contributed by atoms with Crippen LogP contribution in [0.15, 0.2) is 24.3 Å². The van der Waals surface area contributed by atoms with E-state index in [0.29, 0.717) is 32.5 Å². The summed E-state index contributed by atoms with van der Waals surface area (Å²) in [5, 5.41) is 2.79. The Labute approximate surface area is 143 Å². The summed E-state index contributed by atoms with van der Waals surface area (Å²) in [6.45, 7) is 1.87. The van der Waals surface area contributed by atoms with Gasteiger partial charge in [-0.05, 0) is 37.3 Å². The van der Waals surface area contributed by atoms with Gasteiger partial charge in [-0.3, -0.25) is 4.79 Å². The molecule has 0 radical (unpaired) electrons. The van der Waals surface area contributed by atoms with Crippen LogP contribution in [-0.2, 0) is 21.2 Å². The number of hydrogen-bond donors (Lipinski definition) is 1. The summed E-state index contributed by atoms with van der Waals surface area (Å²) in [5.41, 5.74) is 1.03. The summed E-state index contributed by atoms with van der Waals surface area (Å²) >= 11 is 0. The van der Waals surface area contributed by atoms with Crippen molar-refractivity contribution in [2.75, 3.05) is 32.0 Å². The van der Waals surface area contributed by atoms with Crippen molar-refractivity contribution in [3.05, 3.63) is 29.8 Å². The fourth-order valence-electron chi connectivity index (χ4n) is 3.26. The molecule has 7 heteroatoms. The van der Waals surface area contributed by atoms with Crippen LogP contribution >= 0.6 is 0 Å². The Balaban J connectivity index is 1.52. The van der Waals surface area contributed by atoms with E-state index in [4.69, 9.17) is 4.74 Å². The maximum Gasteiger partial charge on any atom is 0.223 e. The Hall–Kier alpha value is -1.60. The third-order valence-electron chi connectivity index (χ3n) is 4.65. The average Bonchev–Trinajstić information content (AvgIpc) is 3.02. The molecule has 0 spiro atoms. The van der Waals surface area contributed by atoms with Gasteiger partial charge < -0.3 is 10.1 Å². The van der Waals surface area contributed by atoms with Crippen molar-refractivity contribution in [3.8, 4) is 5.75 Å². The highest BCUT2D eigenvalue weighted by Crippen LogP contribution is 2.26. The lowest BCUT2D eigenvalue weighted by atomic mass is 9.96. The van der Waals surface area contributed by atoms with Gasteiger partial charge in [0.25, 0.3) is 0 Å². The first kappa shape index (κ1) is 17.2. The molecule has 6 nitrogen and oxygen atoms in total. The summed E-state index contributed by atoms with van der Waals surface area (Å²) < 4.78 is 31.5. The molecule has 0 aliphatic carbocycles. The van der Waals surface area contributed by atoms with Gasteiger partial charge in [-0.1, -0.05) is 18.2 Å². The SMILES string of the molecule is O=C(NCCS(=O)(=O)N1CCCC1)[C@H]1CCOc2ccccc2C1. The summed E-state index contributed by atoms with van der Waals surface area (Å²) in [7, 11) is -3.25. The lowest BCUT2D eigenvalue weighted by Crippen LogP contribution is -2.38. The Morgan fingerprint density at radius 3 is 2.79 bits per heavy atom. The predicted molar refractivity (Wildman–Crippen MR) is 91.4 cm³/mol. The minimum atomic E-state index is -3.25. The molecule has 1 fully saturated rings. The molecule has 132 valence electrons. The van der Waals surface area contributed by atoms with Gasteiger partial charge in [0.15, 0.2) is 0 Å². The van der Waals surface area contributed by atoms with Crippen LogP contribution in [0.1, 0.15) is 24.8 Å². The molecule has 0 aromatic heterocycles. The largest absolute Gasteiger partial charge is 0.493 e. The van der Waals surface area contributed by atoms with E-state index in [1.54, 1.807) is 0 Å². The molecule has 1 saturated heterocycles. The molecule has 3 rings (SSSR count). The second kappa shape index (κ2) is 7.53. The standard InChI is InChI=1S/C17H24N2O4S/c20-17(18-8-12-24(21,22)19-9-3-4-10-19)15-7-11-23-16-6-2-1-5-14(16)13-15/h1-2,5-6,15H,3-4,7-13H2,(H,18,20)/t15-/m0/s1. The van der Waals surface area contributed by atoms with Gasteiger partial charge in [0.05, 0.1) is 12.4 Å². The Morgan fingerprint density at radius 2 is 2.00 bits per heavy atom. The van der Waals surface area contributed by atoms with Crippen LogP contribution < -0.4 is 10.1 Å². The minimum Gasteiger partial charge on any atom is -0.493 e. The number of hydrogen-bond acceptors (Lipinski definition) is 4. The molecule has 1 N–H and O–H groups in total. The van der Waals surface area contributed by atoms with E-state index in [0.717, 1.165) is 24.2 Å². The van der Waals surface area contributed by atoms with E-state index in [1.807, 2.05) is 24.3 Å². The van der Waals surface area contributed by atoms with Crippen molar-refractivity contribution in [3.63, 3.8) is 0 Å². The van der Waals surface area contributed by atoms with Crippen LogP contribution in [0.5, 0.6) is 5.75 Å². The molecular weight excluding hydrogens is 328 g/mol. The van der Waals surface area contributed by atoms with Gasteiger partial charge in [0.1, 0.15) is 5.75 Å². The third kappa shape index (κ3) is 4.08. The van der Waals surface area contributed by atoms with Crippen molar-refractivity contribution < 1.29 is 17.9 Å². The number of para-hydroxylation sites is 1. The molecule has 0 bridgehead atoms. The van der Waals surface area contributed by atoms with Crippen LogP contribution in [0, 0.1) is 5.92 Å².